The van der Waals surface area contributed by atoms with Gasteiger partial charge in [0.1, 0.15) is 0 Å². The van der Waals surface area contributed by atoms with Gasteiger partial charge in [-0.1, -0.05) is 0 Å². The van der Waals surface area contributed by atoms with E-state index in [4.69, 9.17) is 5.73 Å². The molecule has 1 saturated heterocycles. The van der Waals surface area contributed by atoms with E-state index >= 15 is 0 Å². The molecule has 1 heterocycles. The summed E-state index contributed by atoms with van der Waals surface area (Å²) in [7, 11) is 0. The van der Waals surface area contributed by atoms with E-state index in [1.165, 1.54) is 45.3 Å². The molecule has 82 valence electrons. The van der Waals surface area contributed by atoms with E-state index in [1.807, 2.05) is 0 Å². The molecule has 2 aliphatic rings. The van der Waals surface area contributed by atoms with Gasteiger partial charge < -0.3 is 16.0 Å². The number of nitrogens with two attached hydrogens (primary N) is 1. The van der Waals surface area contributed by atoms with Crippen molar-refractivity contribution in [3.8, 4) is 0 Å². The van der Waals surface area contributed by atoms with Crippen LogP contribution < -0.4 is 11.1 Å². The number of rotatable bonds is 4. The summed E-state index contributed by atoms with van der Waals surface area (Å²) in [5, 5.41) is 3.65. The highest BCUT2D eigenvalue weighted by Gasteiger charge is 2.27. The highest BCUT2D eigenvalue weighted by atomic mass is 15.2. The van der Waals surface area contributed by atoms with Gasteiger partial charge in [0.15, 0.2) is 0 Å². The van der Waals surface area contributed by atoms with Crippen molar-refractivity contribution in [2.24, 2.45) is 5.73 Å². The quantitative estimate of drug-likeness (QED) is 0.691. The zero-order valence-electron chi connectivity index (χ0n) is 9.21. The lowest BCUT2D eigenvalue weighted by Gasteiger charge is -2.36. The van der Waals surface area contributed by atoms with Crippen LogP contribution in [0.3, 0.4) is 0 Å². The maximum atomic E-state index is 5.76. The third-order valence-electron chi connectivity index (χ3n) is 3.43. The summed E-state index contributed by atoms with van der Waals surface area (Å²) in [4.78, 5) is 2.57. The van der Waals surface area contributed by atoms with Crippen LogP contribution >= 0.6 is 0 Å². The van der Waals surface area contributed by atoms with Crippen molar-refractivity contribution in [3.63, 3.8) is 0 Å². The smallest absolute Gasteiger partial charge is 0.0169 e. The predicted octanol–water partition coefficient (Wildman–Crippen LogP) is 0.550. The van der Waals surface area contributed by atoms with E-state index in [0.29, 0.717) is 18.1 Å². The molecule has 3 heteroatoms. The maximum absolute atomic E-state index is 5.76. The summed E-state index contributed by atoms with van der Waals surface area (Å²) in [6, 6.07) is 1.79. The van der Waals surface area contributed by atoms with Crippen molar-refractivity contribution in [1.29, 1.82) is 0 Å². The summed E-state index contributed by atoms with van der Waals surface area (Å²) in [6.07, 6.45) is 5.12. The minimum absolute atomic E-state index is 0.464. The zero-order valence-corrected chi connectivity index (χ0v) is 9.21. The molecule has 2 fully saturated rings. The maximum Gasteiger partial charge on any atom is 0.0169 e. The minimum Gasteiger partial charge on any atom is -0.328 e. The lowest BCUT2D eigenvalue weighted by Crippen LogP contribution is -2.53. The first kappa shape index (κ1) is 10.4. The van der Waals surface area contributed by atoms with Crippen molar-refractivity contribution in [3.05, 3.63) is 0 Å². The summed E-state index contributed by atoms with van der Waals surface area (Å²) in [5.74, 6) is 0. The van der Waals surface area contributed by atoms with Gasteiger partial charge in [-0.15, -0.1) is 0 Å². The molecule has 1 aliphatic heterocycles. The van der Waals surface area contributed by atoms with E-state index in [1.54, 1.807) is 0 Å². The van der Waals surface area contributed by atoms with Crippen LogP contribution in [0.1, 0.15) is 32.6 Å². The normalized spacial score (nSPS) is 35.6. The van der Waals surface area contributed by atoms with Crippen LogP contribution in [0, 0.1) is 0 Å². The number of hydrogen-bond donors (Lipinski definition) is 2. The SMILES string of the molecule is CC(CN1CCCC1)NC1CC(N)C1. The average Bonchev–Trinajstić information content (AvgIpc) is 2.54. The largest absolute Gasteiger partial charge is 0.328 e. The second-order valence-electron chi connectivity index (χ2n) is 5.00. The van der Waals surface area contributed by atoms with Crippen molar-refractivity contribution in [1.82, 2.24) is 10.2 Å². The van der Waals surface area contributed by atoms with Crippen LogP contribution in [-0.4, -0.2) is 42.7 Å². The molecule has 0 amide bonds. The molecule has 1 atom stereocenters. The highest BCUT2D eigenvalue weighted by Crippen LogP contribution is 2.18. The van der Waals surface area contributed by atoms with Gasteiger partial charge in [-0.05, 0) is 45.7 Å². The molecule has 3 N–H and O–H groups in total. The standard InChI is InChI=1S/C11H23N3/c1-9(8-14-4-2-3-5-14)13-11-6-10(12)7-11/h9-11,13H,2-8,12H2,1H3. The predicted molar refractivity (Wildman–Crippen MR) is 59.3 cm³/mol. The zero-order chi connectivity index (χ0) is 9.97. The number of nitrogens with one attached hydrogen (secondary N) is 1. The Bertz CT molecular complexity index is 171. The second kappa shape index (κ2) is 4.60. The average molecular weight is 197 g/mol. The summed E-state index contributed by atoms with van der Waals surface area (Å²) < 4.78 is 0. The Labute approximate surface area is 87.0 Å². The molecule has 0 aromatic rings. The van der Waals surface area contributed by atoms with Gasteiger partial charge in [0, 0.05) is 24.7 Å². The molecule has 3 nitrogen and oxygen atoms in total. The Morgan fingerprint density at radius 2 is 2.00 bits per heavy atom. The first-order valence-electron chi connectivity index (χ1n) is 5.98. The van der Waals surface area contributed by atoms with E-state index in [-0.39, 0.29) is 0 Å². The van der Waals surface area contributed by atoms with Gasteiger partial charge in [0.2, 0.25) is 0 Å². The van der Waals surface area contributed by atoms with Crippen molar-refractivity contribution >= 4 is 0 Å². The Morgan fingerprint density at radius 3 is 2.57 bits per heavy atom. The minimum atomic E-state index is 0.464. The van der Waals surface area contributed by atoms with E-state index in [2.05, 4.69) is 17.1 Å². The summed E-state index contributed by atoms with van der Waals surface area (Å²) in [5.41, 5.74) is 5.76. The molecule has 0 aromatic heterocycles. The van der Waals surface area contributed by atoms with Crippen molar-refractivity contribution < 1.29 is 0 Å². The number of nitrogens with zero attached hydrogens (tertiary/aromatic N) is 1. The molecule has 0 bridgehead atoms. The van der Waals surface area contributed by atoms with Gasteiger partial charge >= 0.3 is 0 Å². The number of hydrogen-bond acceptors (Lipinski definition) is 3. The fraction of sp³-hybridized carbons (Fsp3) is 1.00. The van der Waals surface area contributed by atoms with Gasteiger partial charge in [0.25, 0.3) is 0 Å². The third kappa shape index (κ3) is 2.69. The monoisotopic (exact) mass is 197 g/mol. The number of likely N-dealkylation sites (tertiary alicyclic amines) is 1. The van der Waals surface area contributed by atoms with Gasteiger partial charge in [-0.3, -0.25) is 0 Å². The van der Waals surface area contributed by atoms with Crippen LogP contribution in [0.4, 0.5) is 0 Å². The molecule has 2 rings (SSSR count). The van der Waals surface area contributed by atoms with Crippen LogP contribution in [0.15, 0.2) is 0 Å². The second-order valence-corrected chi connectivity index (χ2v) is 5.00. The fourth-order valence-electron chi connectivity index (χ4n) is 2.61. The molecular formula is C11H23N3. The van der Waals surface area contributed by atoms with Crippen LogP contribution in [0.25, 0.3) is 0 Å². The van der Waals surface area contributed by atoms with Gasteiger partial charge in [-0.2, -0.15) is 0 Å². The Hall–Kier alpha value is -0.120. The van der Waals surface area contributed by atoms with Crippen LogP contribution in [-0.2, 0) is 0 Å². The van der Waals surface area contributed by atoms with Gasteiger partial charge in [-0.25, -0.2) is 0 Å². The molecule has 14 heavy (non-hydrogen) atoms. The molecule has 0 aromatic carbocycles. The van der Waals surface area contributed by atoms with E-state index in [0.717, 1.165) is 0 Å². The van der Waals surface area contributed by atoms with Crippen molar-refractivity contribution in [2.45, 2.75) is 50.7 Å². The van der Waals surface area contributed by atoms with Crippen molar-refractivity contribution in [2.75, 3.05) is 19.6 Å². The van der Waals surface area contributed by atoms with E-state index < -0.39 is 0 Å². The van der Waals surface area contributed by atoms with E-state index in [9.17, 15) is 0 Å². The molecule has 0 radical (unpaired) electrons. The first-order chi connectivity index (χ1) is 6.74. The first-order valence-corrected chi connectivity index (χ1v) is 5.98. The highest BCUT2D eigenvalue weighted by molar-refractivity contribution is 4.89. The lowest BCUT2D eigenvalue weighted by molar-refractivity contribution is 0.233. The Balaban J connectivity index is 1.60. The Kier molecular flexibility index (Phi) is 3.42. The van der Waals surface area contributed by atoms with Gasteiger partial charge in [0.05, 0.1) is 0 Å². The third-order valence-corrected chi connectivity index (χ3v) is 3.43. The van der Waals surface area contributed by atoms with Crippen LogP contribution in [0.5, 0.6) is 0 Å². The molecular weight excluding hydrogens is 174 g/mol. The fourth-order valence-corrected chi connectivity index (χ4v) is 2.61. The van der Waals surface area contributed by atoms with Crippen LogP contribution in [0.2, 0.25) is 0 Å². The Morgan fingerprint density at radius 1 is 1.36 bits per heavy atom. The molecule has 1 saturated carbocycles. The molecule has 0 spiro atoms. The summed E-state index contributed by atoms with van der Waals surface area (Å²) in [6.45, 7) is 6.11. The lowest BCUT2D eigenvalue weighted by atomic mass is 9.87. The summed E-state index contributed by atoms with van der Waals surface area (Å²) >= 11 is 0. The molecule has 1 unspecified atom stereocenters. The topological polar surface area (TPSA) is 41.3 Å². The molecule has 1 aliphatic carbocycles.